The molecular weight excluding hydrogens is 260 g/mol. The number of hydrogen-bond donors (Lipinski definition) is 1. The summed E-state index contributed by atoms with van der Waals surface area (Å²) in [5.74, 6) is 0.917. The number of benzene rings is 1. The lowest BCUT2D eigenvalue weighted by molar-refractivity contribution is -0.0625. The summed E-state index contributed by atoms with van der Waals surface area (Å²) in [5, 5.41) is 17.1. The Kier molecular flexibility index (Phi) is 3.78. The molecule has 3 unspecified atom stereocenters. The van der Waals surface area contributed by atoms with E-state index in [1.54, 1.807) is 0 Å². The zero-order chi connectivity index (χ0) is 15.0. The van der Waals surface area contributed by atoms with Crippen molar-refractivity contribution < 1.29 is 5.11 Å². The van der Waals surface area contributed by atoms with Crippen molar-refractivity contribution in [2.45, 2.75) is 58.6 Å². The molecule has 0 spiro atoms. The number of aromatic nitrogens is 2. The van der Waals surface area contributed by atoms with Gasteiger partial charge in [0.2, 0.25) is 0 Å². The molecular formula is C18H26N2O. The lowest BCUT2D eigenvalue weighted by atomic mass is 9.68. The van der Waals surface area contributed by atoms with Gasteiger partial charge in [-0.15, -0.1) is 0 Å². The number of hydrogen-bond acceptors (Lipinski definition) is 2. The van der Waals surface area contributed by atoms with Crippen molar-refractivity contribution in [2.75, 3.05) is 0 Å². The summed E-state index contributed by atoms with van der Waals surface area (Å²) in [4.78, 5) is 0. The highest BCUT2D eigenvalue weighted by atomic mass is 16.3. The number of aryl methyl sites for hydroxylation is 1. The van der Waals surface area contributed by atoms with Crippen molar-refractivity contribution in [1.29, 1.82) is 0 Å². The van der Waals surface area contributed by atoms with E-state index in [-0.39, 0.29) is 0 Å². The first-order valence-corrected chi connectivity index (χ1v) is 8.22. The van der Waals surface area contributed by atoms with Crippen LogP contribution in [-0.4, -0.2) is 20.5 Å². The van der Waals surface area contributed by atoms with Crippen LogP contribution in [0.2, 0.25) is 0 Å². The number of fused-ring (bicyclic) bond motifs is 1. The molecule has 1 saturated carbocycles. The fourth-order valence-electron chi connectivity index (χ4n) is 3.84. The van der Waals surface area contributed by atoms with Crippen LogP contribution in [0.5, 0.6) is 0 Å². The molecule has 0 bridgehead atoms. The van der Waals surface area contributed by atoms with Gasteiger partial charge in [-0.1, -0.05) is 44.9 Å². The minimum Gasteiger partial charge on any atom is -0.389 e. The Bertz CT molecular complexity index is 633. The van der Waals surface area contributed by atoms with Crippen LogP contribution < -0.4 is 0 Å². The molecule has 0 radical (unpaired) electrons. The van der Waals surface area contributed by atoms with Gasteiger partial charge in [0.1, 0.15) is 0 Å². The maximum absolute atomic E-state index is 11.2. The molecule has 3 heteroatoms. The number of aliphatic hydroxyl groups is 1. The summed E-state index contributed by atoms with van der Waals surface area (Å²) in [6.07, 6.45) is 3.92. The highest BCUT2D eigenvalue weighted by molar-refractivity contribution is 5.82. The molecule has 0 aliphatic heterocycles. The van der Waals surface area contributed by atoms with Gasteiger partial charge in [-0.2, -0.15) is 5.10 Å². The Hall–Kier alpha value is -1.35. The van der Waals surface area contributed by atoms with E-state index in [4.69, 9.17) is 5.10 Å². The van der Waals surface area contributed by atoms with Gasteiger partial charge < -0.3 is 5.11 Å². The van der Waals surface area contributed by atoms with Gasteiger partial charge in [0.05, 0.1) is 16.8 Å². The normalized spacial score (nSPS) is 29.9. The predicted octanol–water partition coefficient (Wildman–Crippen LogP) is 3.79. The molecule has 21 heavy (non-hydrogen) atoms. The van der Waals surface area contributed by atoms with Crippen LogP contribution in [0, 0.1) is 11.8 Å². The van der Waals surface area contributed by atoms with Gasteiger partial charge in [0.15, 0.2) is 0 Å². The number of para-hydroxylation sites is 1. The van der Waals surface area contributed by atoms with Crippen molar-refractivity contribution >= 4 is 10.9 Å². The monoisotopic (exact) mass is 286 g/mol. The Morgan fingerprint density at radius 1 is 1.33 bits per heavy atom. The van der Waals surface area contributed by atoms with Crippen molar-refractivity contribution in [1.82, 2.24) is 9.78 Å². The second kappa shape index (κ2) is 5.45. The third kappa shape index (κ3) is 2.48. The molecule has 3 atom stereocenters. The Morgan fingerprint density at radius 3 is 2.86 bits per heavy atom. The van der Waals surface area contributed by atoms with E-state index in [1.165, 1.54) is 17.3 Å². The van der Waals surface area contributed by atoms with Crippen molar-refractivity contribution in [3.8, 4) is 0 Å². The van der Waals surface area contributed by atoms with Gasteiger partial charge in [-0.05, 0) is 31.2 Å². The fraction of sp³-hybridized carbons (Fsp3) is 0.611. The maximum Gasteiger partial charge on any atom is 0.0732 e. The number of nitrogens with zero attached hydrogens (tertiary/aromatic N) is 2. The summed E-state index contributed by atoms with van der Waals surface area (Å²) < 4.78 is 2.05. The highest BCUT2D eigenvalue weighted by Gasteiger charge is 2.40. The third-order valence-electron chi connectivity index (χ3n) is 5.48. The van der Waals surface area contributed by atoms with Crippen LogP contribution in [0.1, 0.15) is 45.7 Å². The van der Waals surface area contributed by atoms with E-state index in [2.05, 4.69) is 45.0 Å². The van der Waals surface area contributed by atoms with Crippen molar-refractivity contribution in [3.05, 3.63) is 30.0 Å². The summed E-state index contributed by atoms with van der Waals surface area (Å²) >= 11 is 0. The van der Waals surface area contributed by atoms with Crippen LogP contribution in [0.4, 0.5) is 0 Å². The van der Waals surface area contributed by atoms with Crippen LogP contribution in [0.3, 0.4) is 0 Å². The van der Waals surface area contributed by atoms with Crippen LogP contribution in [0.15, 0.2) is 24.3 Å². The lowest BCUT2D eigenvalue weighted by Crippen LogP contribution is -2.44. The summed E-state index contributed by atoms with van der Waals surface area (Å²) in [6, 6.07) is 8.36. The topological polar surface area (TPSA) is 38.0 Å². The molecule has 3 nitrogen and oxygen atoms in total. The average Bonchev–Trinajstić information content (AvgIpc) is 2.83. The molecule has 0 saturated heterocycles. The van der Waals surface area contributed by atoms with E-state index < -0.39 is 5.60 Å². The molecule has 114 valence electrons. The largest absolute Gasteiger partial charge is 0.389 e. The second-order valence-electron chi connectivity index (χ2n) is 6.72. The van der Waals surface area contributed by atoms with Gasteiger partial charge in [0, 0.05) is 18.4 Å². The lowest BCUT2D eigenvalue weighted by Gasteiger charge is -2.41. The standard InChI is InChI=1S/C18H26N2O/c1-4-20-17-10-6-5-9-15(17)16(19-20)12-18(21)11-7-8-13(2)14(18)3/h5-6,9-10,13-14,21H,4,7-8,11-12H2,1-3H3. The minimum atomic E-state index is -0.604. The molecule has 1 aromatic carbocycles. The fourth-order valence-corrected chi connectivity index (χ4v) is 3.84. The van der Waals surface area contributed by atoms with Gasteiger partial charge >= 0.3 is 0 Å². The summed E-state index contributed by atoms with van der Waals surface area (Å²) in [6.45, 7) is 7.44. The van der Waals surface area contributed by atoms with E-state index in [1.807, 2.05) is 4.68 Å². The van der Waals surface area contributed by atoms with E-state index in [0.29, 0.717) is 18.3 Å². The van der Waals surface area contributed by atoms with E-state index in [0.717, 1.165) is 25.1 Å². The Labute approximate surface area is 127 Å². The summed E-state index contributed by atoms with van der Waals surface area (Å²) in [5.41, 5.74) is 1.62. The molecule has 1 aliphatic rings. The smallest absolute Gasteiger partial charge is 0.0732 e. The molecule has 1 N–H and O–H groups in total. The van der Waals surface area contributed by atoms with Crippen LogP contribution in [0.25, 0.3) is 10.9 Å². The first-order valence-electron chi connectivity index (χ1n) is 8.22. The van der Waals surface area contributed by atoms with Crippen molar-refractivity contribution in [3.63, 3.8) is 0 Å². The zero-order valence-electron chi connectivity index (χ0n) is 13.3. The maximum atomic E-state index is 11.2. The molecule has 3 rings (SSSR count). The minimum absolute atomic E-state index is 0.330. The zero-order valence-corrected chi connectivity index (χ0v) is 13.3. The van der Waals surface area contributed by atoms with Crippen molar-refractivity contribution in [2.24, 2.45) is 11.8 Å². The molecule has 2 aromatic rings. The van der Waals surface area contributed by atoms with Gasteiger partial charge in [0.25, 0.3) is 0 Å². The van der Waals surface area contributed by atoms with Crippen LogP contribution >= 0.6 is 0 Å². The first kappa shape index (κ1) is 14.6. The van der Waals surface area contributed by atoms with E-state index in [9.17, 15) is 5.11 Å². The molecule has 0 amide bonds. The predicted molar refractivity (Wildman–Crippen MR) is 86.2 cm³/mol. The number of rotatable bonds is 3. The average molecular weight is 286 g/mol. The molecule has 1 heterocycles. The SMILES string of the molecule is CCn1nc(CC2(O)CCCC(C)C2C)c2ccccc21. The van der Waals surface area contributed by atoms with Crippen LogP contribution in [-0.2, 0) is 13.0 Å². The first-order chi connectivity index (χ1) is 10.0. The molecule has 1 aliphatic carbocycles. The second-order valence-corrected chi connectivity index (χ2v) is 6.72. The van der Waals surface area contributed by atoms with Gasteiger partial charge in [-0.3, -0.25) is 4.68 Å². The molecule has 1 fully saturated rings. The third-order valence-corrected chi connectivity index (χ3v) is 5.48. The Morgan fingerprint density at radius 2 is 2.10 bits per heavy atom. The summed E-state index contributed by atoms with van der Waals surface area (Å²) in [7, 11) is 0. The Balaban J connectivity index is 1.98. The van der Waals surface area contributed by atoms with E-state index >= 15 is 0 Å². The van der Waals surface area contributed by atoms with Gasteiger partial charge in [-0.25, -0.2) is 0 Å². The molecule has 1 aromatic heterocycles. The quantitative estimate of drug-likeness (QED) is 0.932. The highest BCUT2D eigenvalue weighted by Crippen LogP contribution is 2.40.